The monoisotopic (exact) mass is 282 g/mol. The van der Waals surface area contributed by atoms with Gasteiger partial charge in [-0.1, -0.05) is 18.2 Å². The van der Waals surface area contributed by atoms with E-state index in [0.29, 0.717) is 23.7 Å². The van der Waals surface area contributed by atoms with Crippen molar-refractivity contribution >= 4 is 15.7 Å². The fourth-order valence-corrected chi connectivity index (χ4v) is 4.05. The molecule has 5 heteroatoms. The fraction of sp³-hybridized carbons (Fsp3) is 0.571. The zero-order valence-corrected chi connectivity index (χ0v) is 12.4. The van der Waals surface area contributed by atoms with Crippen LogP contribution < -0.4 is 5.73 Å². The summed E-state index contributed by atoms with van der Waals surface area (Å²) in [5, 5.41) is 0. The van der Waals surface area contributed by atoms with Gasteiger partial charge in [0.05, 0.1) is 5.75 Å². The number of rotatable bonds is 6. The van der Waals surface area contributed by atoms with Gasteiger partial charge in [0.25, 0.3) is 0 Å². The van der Waals surface area contributed by atoms with E-state index in [9.17, 15) is 8.42 Å². The smallest absolute Gasteiger partial charge is 0.218 e. The van der Waals surface area contributed by atoms with Crippen LogP contribution in [0.2, 0.25) is 0 Å². The Kier molecular flexibility index (Phi) is 4.16. The van der Waals surface area contributed by atoms with Crippen molar-refractivity contribution < 1.29 is 8.42 Å². The number of anilines is 1. The van der Waals surface area contributed by atoms with Gasteiger partial charge in [-0.2, -0.15) is 4.31 Å². The predicted molar refractivity (Wildman–Crippen MR) is 78.0 cm³/mol. The lowest BCUT2D eigenvalue weighted by molar-refractivity contribution is 0.341. The summed E-state index contributed by atoms with van der Waals surface area (Å²) in [6, 6.07) is 7.15. The van der Waals surface area contributed by atoms with Crippen molar-refractivity contribution in [3.05, 3.63) is 29.8 Å². The molecule has 106 valence electrons. The molecule has 2 N–H and O–H groups in total. The third-order valence-electron chi connectivity index (χ3n) is 3.46. The average molecular weight is 282 g/mol. The van der Waals surface area contributed by atoms with E-state index in [2.05, 4.69) is 0 Å². The predicted octanol–water partition coefficient (Wildman–Crippen LogP) is 2.22. The molecule has 0 radical (unpaired) electrons. The molecule has 1 saturated carbocycles. The number of nitrogens with zero attached hydrogens (tertiary/aromatic N) is 1. The van der Waals surface area contributed by atoms with Gasteiger partial charge in [0.2, 0.25) is 10.0 Å². The largest absolute Gasteiger partial charge is 0.398 e. The van der Waals surface area contributed by atoms with Crippen LogP contribution in [0.15, 0.2) is 24.3 Å². The van der Waals surface area contributed by atoms with Crippen molar-refractivity contribution in [2.75, 3.05) is 12.3 Å². The zero-order valence-electron chi connectivity index (χ0n) is 11.5. The van der Waals surface area contributed by atoms with Gasteiger partial charge in [0.1, 0.15) is 0 Å². The van der Waals surface area contributed by atoms with Gasteiger partial charge in [-0.3, -0.25) is 0 Å². The van der Waals surface area contributed by atoms with Crippen LogP contribution in [0.1, 0.15) is 32.3 Å². The van der Waals surface area contributed by atoms with Crippen LogP contribution in [-0.2, 0) is 15.8 Å². The molecule has 0 spiro atoms. The SMILES string of the molecule is CC(C)N(CC1CC1)S(=O)(=O)Cc1ccccc1N. The fourth-order valence-electron chi connectivity index (χ4n) is 2.15. The van der Waals surface area contributed by atoms with Gasteiger partial charge in [0.15, 0.2) is 0 Å². The van der Waals surface area contributed by atoms with E-state index in [0.717, 1.165) is 12.8 Å². The molecule has 0 bridgehead atoms. The summed E-state index contributed by atoms with van der Waals surface area (Å²) in [7, 11) is -3.30. The first-order chi connectivity index (χ1) is 8.90. The maximum atomic E-state index is 12.5. The summed E-state index contributed by atoms with van der Waals surface area (Å²) >= 11 is 0. The lowest BCUT2D eigenvalue weighted by atomic mass is 10.2. The first-order valence-corrected chi connectivity index (χ1v) is 8.34. The van der Waals surface area contributed by atoms with Crippen LogP contribution in [0.5, 0.6) is 0 Å². The molecule has 1 aliphatic rings. The number of nitrogens with two attached hydrogens (primary N) is 1. The number of nitrogen functional groups attached to an aromatic ring is 1. The van der Waals surface area contributed by atoms with Crippen molar-refractivity contribution in [2.45, 2.75) is 38.5 Å². The van der Waals surface area contributed by atoms with Gasteiger partial charge in [0, 0.05) is 18.3 Å². The van der Waals surface area contributed by atoms with E-state index >= 15 is 0 Å². The molecule has 0 amide bonds. The van der Waals surface area contributed by atoms with Crippen LogP contribution >= 0.6 is 0 Å². The Hall–Kier alpha value is -1.07. The van der Waals surface area contributed by atoms with Gasteiger partial charge in [-0.25, -0.2) is 8.42 Å². The minimum atomic E-state index is -3.30. The Bertz CT molecular complexity index is 536. The van der Waals surface area contributed by atoms with Crippen LogP contribution in [0, 0.1) is 5.92 Å². The molecular formula is C14H22N2O2S. The van der Waals surface area contributed by atoms with E-state index < -0.39 is 10.0 Å². The second-order valence-corrected chi connectivity index (χ2v) is 7.48. The number of sulfonamides is 1. The van der Waals surface area contributed by atoms with E-state index in [1.165, 1.54) is 0 Å². The zero-order chi connectivity index (χ0) is 14.0. The van der Waals surface area contributed by atoms with Crippen molar-refractivity contribution in [3.63, 3.8) is 0 Å². The number of benzene rings is 1. The second kappa shape index (κ2) is 5.51. The quantitative estimate of drug-likeness (QED) is 0.814. The molecule has 0 heterocycles. The Morgan fingerprint density at radius 1 is 1.32 bits per heavy atom. The summed E-state index contributed by atoms with van der Waals surface area (Å²) < 4.78 is 26.7. The summed E-state index contributed by atoms with van der Waals surface area (Å²) in [4.78, 5) is 0. The minimum absolute atomic E-state index is 0.00413. The van der Waals surface area contributed by atoms with Crippen LogP contribution in [0.3, 0.4) is 0 Å². The molecule has 0 aliphatic heterocycles. The number of hydrogen-bond acceptors (Lipinski definition) is 3. The van der Waals surface area contributed by atoms with Crippen molar-refractivity contribution in [2.24, 2.45) is 5.92 Å². The Balaban J connectivity index is 2.17. The molecule has 4 nitrogen and oxygen atoms in total. The van der Waals surface area contributed by atoms with Crippen molar-refractivity contribution in [3.8, 4) is 0 Å². The summed E-state index contributed by atoms with van der Waals surface area (Å²) in [5.74, 6) is 0.537. The molecule has 0 aromatic heterocycles. The van der Waals surface area contributed by atoms with Gasteiger partial charge in [-0.05, 0) is 44.2 Å². The van der Waals surface area contributed by atoms with Crippen LogP contribution in [0.4, 0.5) is 5.69 Å². The number of para-hydroxylation sites is 1. The second-order valence-electron chi connectivity index (χ2n) is 5.56. The van der Waals surface area contributed by atoms with Gasteiger partial charge < -0.3 is 5.73 Å². The topological polar surface area (TPSA) is 63.4 Å². The van der Waals surface area contributed by atoms with E-state index in [-0.39, 0.29) is 11.8 Å². The summed E-state index contributed by atoms with van der Waals surface area (Å²) in [5.41, 5.74) is 7.06. The Labute approximate surface area is 115 Å². The molecule has 0 unspecified atom stereocenters. The van der Waals surface area contributed by atoms with Crippen molar-refractivity contribution in [1.82, 2.24) is 4.31 Å². The average Bonchev–Trinajstić information content (AvgIpc) is 3.12. The van der Waals surface area contributed by atoms with Crippen LogP contribution in [0.25, 0.3) is 0 Å². The highest BCUT2D eigenvalue weighted by Crippen LogP contribution is 2.32. The van der Waals surface area contributed by atoms with Crippen LogP contribution in [-0.4, -0.2) is 25.3 Å². The third kappa shape index (κ3) is 3.70. The third-order valence-corrected chi connectivity index (χ3v) is 5.42. The first kappa shape index (κ1) is 14.3. The molecule has 1 aromatic carbocycles. The highest BCUT2D eigenvalue weighted by atomic mass is 32.2. The Morgan fingerprint density at radius 3 is 2.47 bits per heavy atom. The number of hydrogen-bond donors (Lipinski definition) is 1. The molecule has 1 aromatic rings. The van der Waals surface area contributed by atoms with E-state index in [1.54, 1.807) is 16.4 Å². The summed E-state index contributed by atoms with van der Waals surface area (Å²) in [6.07, 6.45) is 2.29. The lowest BCUT2D eigenvalue weighted by Crippen LogP contribution is -2.39. The van der Waals surface area contributed by atoms with E-state index in [1.807, 2.05) is 26.0 Å². The van der Waals surface area contributed by atoms with Crippen molar-refractivity contribution in [1.29, 1.82) is 0 Å². The maximum absolute atomic E-state index is 12.5. The lowest BCUT2D eigenvalue weighted by Gasteiger charge is -2.26. The molecule has 0 atom stereocenters. The highest BCUT2D eigenvalue weighted by Gasteiger charge is 2.32. The molecular weight excluding hydrogens is 260 g/mol. The molecule has 2 rings (SSSR count). The summed E-state index contributed by atoms with van der Waals surface area (Å²) in [6.45, 7) is 4.50. The maximum Gasteiger partial charge on any atom is 0.218 e. The highest BCUT2D eigenvalue weighted by molar-refractivity contribution is 7.88. The molecule has 1 fully saturated rings. The molecule has 0 saturated heterocycles. The molecule has 19 heavy (non-hydrogen) atoms. The minimum Gasteiger partial charge on any atom is -0.398 e. The normalized spacial score (nSPS) is 16.2. The van der Waals surface area contributed by atoms with Gasteiger partial charge in [-0.15, -0.1) is 0 Å². The molecule has 1 aliphatic carbocycles. The Morgan fingerprint density at radius 2 is 1.95 bits per heavy atom. The standard InChI is InChI=1S/C14H22N2O2S/c1-11(2)16(9-12-7-8-12)19(17,18)10-13-5-3-4-6-14(13)15/h3-6,11-12H,7-10,15H2,1-2H3. The first-order valence-electron chi connectivity index (χ1n) is 6.73. The van der Waals surface area contributed by atoms with E-state index in [4.69, 9.17) is 5.73 Å². The van der Waals surface area contributed by atoms with Gasteiger partial charge >= 0.3 is 0 Å².